The minimum absolute atomic E-state index is 0.481. The van der Waals surface area contributed by atoms with Gasteiger partial charge in [0.25, 0.3) is 0 Å². The normalized spacial score (nSPS) is 13.6. The van der Waals surface area contributed by atoms with Crippen LogP contribution in [0.2, 0.25) is 0 Å². The molecule has 50 valence electrons. The molecule has 0 aromatic rings. The topological polar surface area (TPSA) is 38.4 Å². The molecule has 0 aromatic carbocycles. The third-order valence-corrected chi connectivity index (χ3v) is 0.838. The Kier molecular flexibility index (Phi) is 3.80. The highest BCUT2D eigenvalue weighted by atomic mass is 35.5. The number of amidine groups is 1. The van der Waals surface area contributed by atoms with Crippen LogP contribution in [0.1, 0.15) is 6.92 Å². The van der Waals surface area contributed by atoms with E-state index in [4.69, 9.17) is 17.3 Å². The number of hydrogen-bond acceptors (Lipinski definition) is 1. The molecule has 0 fully saturated rings. The molecule has 0 aromatic heterocycles. The molecule has 0 aliphatic heterocycles. The highest BCUT2D eigenvalue weighted by Crippen LogP contribution is 2.00. The number of rotatable bonds is 2. The van der Waals surface area contributed by atoms with Crippen molar-refractivity contribution in [3.8, 4) is 0 Å². The quantitative estimate of drug-likeness (QED) is 0.357. The van der Waals surface area contributed by atoms with Crippen LogP contribution in [-0.4, -0.2) is 5.84 Å². The van der Waals surface area contributed by atoms with Crippen LogP contribution in [0.4, 0.5) is 0 Å². The Morgan fingerprint density at radius 1 is 1.78 bits per heavy atom. The molecule has 0 aliphatic rings. The predicted octanol–water partition coefficient (Wildman–Crippen LogP) is 1.63. The first-order valence-electron chi connectivity index (χ1n) is 2.45. The monoisotopic (exact) mass is 144 g/mol. The number of allylic oxidation sites excluding steroid dienone is 2. The fraction of sp³-hybridized carbons (Fsp3) is 0.167. The van der Waals surface area contributed by atoms with Gasteiger partial charge < -0.3 is 5.73 Å². The van der Waals surface area contributed by atoms with E-state index < -0.39 is 0 Å². The van der Waals surface area contributed by atoms with Gasteiger partial charge >= 0.3 is 0 Å². The summed E-state index contributed by atoms with van der Waals surface area (Å²) in [6, 6.07) is 0. The zero-order valence-corrected chi connectivity index (χ0v) is 6.02. The summed E-state index contributed by atoms with van der Waals surface area (Å²) in [5.41, 5.74) is 5.21. The van der Waals surface area contributed by atoms with Crippen LogP contribution in [0.5, 0.6) is 0 Å². The summed E-state index contributed by atoms with van der Waals surface area (Å²) in [6.07, 6.45) is 2.94. The second kappa shape index (κ2) is 4.15. The van der Waals surface area contributed by atoms with Crippen LogP contribution in [-0.2, 0) is 0 Å². The highest BCUT2D eigenvalue weighted by Gasteiger charge is 1.78. The molecular weight excluding hydrogens is 136 g/mol. The van der Waals surface area contributed by atoms with E-state index in [9.17, 15) is 0 Å². The van der Waals surface area contributed by atoms with Crippen molar-refractivity contribution < 1.29 is 0 Å². The summed E-state index contributed by atoms with van der Waals surface area (Å²) in [5.74, 6) is 0.481. The third kappa shape index (κ3) is 5.11. The maximum absolute atomic E-state index is 5.49. The molecule has 0 amide bonds. The molecule has 0 heterocycles. The van der Waals surface area contributed by atoms with Crippen molar-refractivity contribution in [3.05, 3.63) is 23.9 Å². The maximum atomic E-state index is 5.49. The van der Waals surface area contributed by atoms with Crippen molar-refractivity contribution in [3.63, 3.8) is 0 Å². The second-order valence-electron chi connectivity index (χ2n) is 1.49. The second-order valence-corrected chi connectivity index (χ2v) is 1.93. The van der Waals surface area contributed by atoms with Gasteiger partial charge in [0.05, 0.1) is 10.9 Å². The standard InChI is InChI=1S/C6H9ClN2/c1-3-6(7)4-9-5(2)8/h3-4H,1H2,2H3,(H2,8,9)/b6-4+. The van der Waals surface area contributed by atoms with Crippen molar-refractivity contribution >= 4 is 17.4 Å². The Morgan fingerprint density at radius 3 is 2.67 bits per heavy atom. The molecule has 0 aliphatic carbocycles. The van der Waals surface area contributed by atoms with Crippen molar-refractivity contribution in [2.24, 2.45) is 10.7 Å². The summed E-state index contributed by atoms with van der Waals surface area (Å²) in [4.78, 5) is 3.72. The van der Waals surface area contributed by atoms with Crippen molar-refractivity contribution in [2.75, 3.05) is 0 Å². The summed E-state index contributed by atoms with van der Waals surface area (Å²) in [5, 5.41) is 0.486. The Hall–Kier alpha value is -0.760. The SMILES string of the molecule is C=C/C(Cl)=C\N=C(C)N. The average Bonchev–Trinajstić information content (AvgIpc) is 1.83. The van der Waals surface area contributed by atoms with Gasteiger partial charge in [0.1, 0.15) is 0 Å². The molecule has 0 spiro atoms. The van der Waals surface area contributed by atoms with E-state index in [2.05, 4.69) is 11.6 Å². The van der Waals surface area contributed by atoms with Crippen molar-refractivity contribution in [1.29, 1.82) is 0 Å². The molecule has 0 unspecified atom stereocenters. The van der Waals surface area contributed by atoms with Crippen LogP contribution in [0.15, 0.2) is 28.9 Å². The Bertz CT molecular complexity index is 154. The van der Waals surface area contributed by atoms with Crippen molar-refractivity contribution in [1.82, 2.24) is 0 Å². The summed E-state index contributed by atoms with van der Waals surface area (Å²) in [6.45, 7) is 5.11. The predicted molar refractivity (Wildman–Crippen MR) is 41.4 cm³/mol. The fourth-order valence-electron chi connectivity index (χ4n) is 0.216. The van der Waals surface area contributed by atoms with E-state index in [0.717, 1.165) is 0 Å². The number of halogens is 1. The lowest BCUT2D eigenvalue weighted by Crippen LogP contribution is -2.03. The molecular formula is C6H9ClN2. The minimum atomic E-state index is 0.481. The molecule has 0 bridgehead atoms. The van der Waals surface area contributed by atoms with Gasteiger partial charge in [-0.25, -0.2) is 4.99 Å². The highest BCUT2D eigenvalue weighted by molar-refractivity contribution is 6.31. The van der Waals surface area contributed by atoms with Gasteiger partial charge in [-0.15, -0.1) is 0 Å². The van der Waals surface area contributed by atoms with Crippen molar-refractivity contribution in [2.45, 2.75) is 6.92 Å². The van der Waals surface area contributed by atoms with E-state index >= 15 is 0 Å². The van der Waals surface area contributed by atoms with E-state index in [1.54, 1.807) is 6.92 Å². The molecule has 0 radical (unpaired) electrons. The molecule has 0 saturated carbocycles. The van der Waals surface area contributed by atoms with Crippen LogP contribution < -0.4 is 5.73 Å². The van der Waals surface area contributed by atoms with Gasteiger partial charge in [-0.1, -0.05) is 18.2 Å². The first-order chi connectivity index (χ1) is 4.16. The van der Waals surface area contributed by atoms with Crippen LogP contribution in [0.25, 0.3) is 0 Å². The van der Waals surface area contributed by atoms with E-state index in [-0.39, 0.29) is 0 Å². The van der Waals surface area contributed by atoms with Crippen LogP contribution in [0.3, 0.4) is 0 Å². The lowest BCUT2D eigenvalue weighted by Gasteiger charge is -1.84. The largest absolute Gasteiger partial charge is 0.387 e. The summed E-state index contributed by atoms with van der Waals surface area (Å²) < 4.78 is 0. The molecule has 0 saturated heterocycles. The van der Waals surface area contributed by atoms with Gasteiger partial charge in [0.2, 0.25) is 0 Å². The van der Waals surface area contributed by atoms with E-state index in [1.807, 2.05) is 0 Å². The van der Waals surface area contributed by atoms with E-state index in [0.29, 0.717) is 10.9 Å². The maximum Gasteiger partial charge on any atom is 0.0958 e. The molecule has 2 nitrogen and oxygen atoms in total. The van der Waals surface area contributed by atoms with Crippen LogP contribution in [0, 0.1) is 0 Å². The molecule has 9 heavy (non-hydrogen) atoms. The number of nitrogens with zero attached hydrogens (tertiary/aromatic N) is 1. The molecule has 3 heteroatoms. The minimum Gasteiger partial charge on any atom is -0.387 e. The smallest absolute Gasteiger partial charge is 0.0958 e. The fourth-order valence-corrected chi connectivity index (χ4v) is 0.265. The first kappa shape index (κ1) is 8.24. The first-order valence-corrected chi connectivity index (χ1v) is 2.82. The summed E-state index contributed by atoms with van der Waals surface area (Å²) >= 11 is 5.49. The third-order valence-electron chi connectivity index (χ3n) is 0.587. The molecule has 0 atom stereocenters. The van der Waals surface area contributed by atoms with Gasteiger partial charge in [0, 0.05) is 6.20 Å². The molecule has 0 rings (SSSR count). The average molecular weight is 145 g/mol. The Labute approximate surface area is 59.7 Å². The van der Waals surface area contributed by atoms with Gasteiger partial charge in [-0.3, -0.25) is 0 Å². The van der Waals surface area contributed by atoms with Gasteiger partial charge in [0.15, 0.2) is 0 Å². The molecule has 2 N–H and O–H groups in total. The Morgan fingerprint density at radius 2 is 2.33 bits per heavy atom. The number of nitrogens with two attached hydrogens (primary N) is 1. The number of hydrogen-bond donors (Lipinski definition) is 1. The zero-order valence-electron chi connectivity index (χ0n) is 5.26. The van der Waals surface area contributed by atoms with E-state index in [1.165, 1.54) is 12.3 Å². The number of aliphatic imine (C=N–C) groups is 1. The van der Waals surface area contributed by atoms with Gasteiger partial charge in [-0.2, -0.15) is 0 Å². The lowest BCUT2D eigenvalue weighted by molar-refractivity contribution is 1.46. The lowest BCUT2D eigenvalue weighted by atomic mass is 10.6. The van der Waals surface area contributed by atoms with Crippen LogP contribution >= 0.6 is 11.6 Å². The Balaban J connectivity index is 3.98. The zero-order chi connectivity index (χ0) is 7.28. The summed E-state index contributed by atoms with van der Waals surface area (Å²) in [7, 11) is 0. The van der Waals surface area contributed by atoms with Gasteiger partial charge in [-0.05, 0) is 13.0 Å².